The Hall–Kier alpha value is -3.93. The highest BCUT2D eigenvalue weighted by molar-refractivity contribution is 5.98. The number of carbonyl (C=O) groups is 1. The summed E-state index contributed by atoms with van der Waals surface area (Å²) in [6.45, 7) is 0. The number of hydrogen-bond acceptors (Lipinski definition) is 8. The number of H-pyrrole nitrogens is 1. The molecule has 2 aromatic rings. The Balaban J connectivity index is 2.87. The van der Waals surface area contributed by atoms with Crippen LogP contribution in [0.3, 0.4) is 0 Å². The van der Waals surface area contributed by atoms with Crippen molar-refractivity contribution >= 4 is 18.3 Å². The molecule has 1 N–H and O–H groups in total. The van der Waals surface area contributed by atoms with Crippen LogP contribution in [0.5, 0.6) is 17.2 Å². The van der Waals surface area contributed by atoms with Crippen molar-refractivity contribution in [1.82, 2.24) is 4.98 Å². The zero-order chi connectivity index (χ0) is 21.4. The lowest BCUT2D eigenvalue weighted by molar-refractivity contribution is -0.134. The van der Waals surface area contributed by atoms with E-state index in [2.05, 4.69) is 20.9 Å². The lowest BCUT2D eigenvalue weighted by Crippen LogP contribution is -1.98. The highest BCUT2D eigenvalue weighted by atomic mass is 16.6. The van der Waals surface area contributed by atoms with E-state index in [1.165, 1.54) is 53.9 Å². The Kier molecular flexibility index (Phi) is 7.26. The summed E-state index contributed by atoms with van der Waals surface area (Å²) >= 11 is 0. The standard InChI is InChI=1S/C20H21N3O6/c1-25-16-8-6-13(19(27-3)20(16)28-4)18-12(7-9-17(24)26-2)14(10-21)23-15(18)11-22-29-5/h6-9,11,23H,1-5H3/b9-7?,22-11+. The second-order valence-corrected chi connectivity index (χ2v) is 5.47. The fourth-order valence-electron chi connectivity index (χ4n) is 2.80. The molecule has 0 fully saturated rings. The fraction of sp³-hybridized carbons (Fsp3) is 0.250. The molecule has 1 aromatic heterocycles. The summed E-state index contributed by atoms with van der Waals surface area (Å²) < 4.78 is 21.0. The van der Waals surface area contributed by atoms with Gasteiger partial charge in [0.1, 0.15) is 18.9 Å². The Morgan fingerprint density at radius 2 is 1.83 bits per heavy atom. The number of methoxy groups -OCH3 is 4. The van der Waals surface area contributed by atoms with Gasteiger partial charge in [0.15, 0.2) is 11.5 Å². The summed E-state index contributed by atoms with van der Waals surface area (Å²) in [7, 11) is 7.17. The van der Waals surface area contributed by atoms with E-state index >= 15 is 0 Å². The van der Waals surface area contributed by atoms with Crippen LogP contribution >= 0.6 is 0 Å². The van der Waals surface area contributed by atoms with Crippen LogP contribution in [0.4, 0.5) is 0 Å². The van der Waals surface area contributed by atoms with E-state index in [9.17, 15) is 10.1 Å². The van der Waals surface area contributed by atoms with Crippen molar-refractivity contribution in [2.45, 2.75) is 0 Å². The van der Waals surface area contributed by atoms with Crippen LogP contribution in [-0.2, 0) is 14.4 Å². The Morgan fingerprint density at radius 1 is 1.10 bits per heavy atom. The monoisotopic (exact) mass is 399 g/mol. The van der Waals surface area contributed by atoms with E-state index < -0.39 is 5.97 Å². The van der Waals surface area contributed by atoms with Gasteiger partial charge in [0.05, 0.1) is 40.3 Å². The summed E-state index contributed by atoms with van der Waals surface area (Å²) in [4.78, 5) is 19.4. The van der Waals surface area contributed by atoms with Crippen molar-refractivity contribution in [1.29, 1.82) is 5.26 Å². The van der Waals surface area contributed by atoms with Crippen molar-refractivity contribution in [3.05, 3.63) is 35.2 Å². The van der Waals surface area contributed by atoms with Gasteiger partial charge >= 0.3 is 5.97 Å². The number of aromatic amines is 1. The maximum absolute atomic E-state index is 11.6. The zero-order valence-corrected chi connectivity index (χ0v) is 16.7. The molecule has 2 rings (SSSR count). The Morgan fingerprint density at radius 3 is 2.38 bits per heavy atom. The Labute approximate surface area is 168 Å². The van der Waals surface area contributed by atoms with Crippen LogP contribution < -0.4 is 14.2 Å². The molecule has 0 bridgehead atoms. The largest absolute Gasteiger partial charge is 0.493 e. The minimum Gasteiger partial charge on any atom is -0.493 e. The molecule has 0 aliphatic heterocycles. The number of ether oxygens (including phenoxy) is 4. The molecule has 1 aromatic carbocycles. The molecule has 0 aliphatic rings. The smallest absolute Gasteiger partial charge is 0.330 e. The first-order valence-electron chi connectivity index (χ1n) is 8.34. The number of esters is 1. The first kappa shape index (κ1) is 21.4. The summed E-state index contributed by atoms with van der Waals surface area (Å²) in [6, 6.07) is 5.54. The van der Waals surface area contributed by atoms with Gasteiger partial charge in [-0.1, -0.05) is 5.16 Å². The Bertz CT molecular complexity index is 985. The van der Waals surface area contributed by atoms with Crippen LogP contribution in [0.15, 0.2) is 23.4 Å². The van der Waals surface area contributed by atoms with Gasteiger partial charge in [-0.15, -0.1) is 0 Å². The third-order valence-corrected chi connectivity index (χ3v) is 4.03. The first-order chi connectivity index (χ1) is 14.1. The molecule has 0 saturated heterocycles. The maximum atomic E-state index is 11.6. The lowest BCUT2D eigenvalue weighted by atomic mass is 9.98. The highest BCUT2D eigenvalue weighted by Crippen LogP contribution is 2.46. The zero-order valence-electron chi connectivity index (χ0n) is 16.7. The molecule has 0 amide bonds. The third kappa shape index (κ3) is 4.32. The molecule has 9 nitrogen and oxygen atoms in total. The number of hydrogen-bond donors (Lipinski definition) is 1. The van der Waals surface area contributed by atoms with Crippen LogP contribution in [0.2, 0.25) is 0 Å². The van der Waals surface area contributed by atoms with Gasteiger partial charge in [-0.3, -0.25) is 0 Å². The number of oxime groups is 1. The van der Waals surface area contributed by atoms with Crippen molar-refractivity contribution in [2.75, 3.05) is 35.5 Å². The molecule has 9 heteroatoms. The normalized spacial score (nSPS) is 10.8. The highest BCUT2D eigenvalue weighted by Gasteiger charge is 2.24. The second kappa shape index (κ2) is 9.85. The van der Waals surface area contributed by atoms with Crippen molar-refractivity contribution in [2.24, 2.45) is 5.16 Å². The van der Waals surface area contributed by atoms with Gasteiger partial charge in [-0.25, -0.2) is 4.79 Å². The van der Waals surface area contributed by atoms with E-state index in [1.807, 2.05) is 0 Å². The van der Waals surface area contributed by atoms with Crippen molar-refractivity contribution < 1.29 is 28.6 Å². The molecule has 152 valence electrons. The van der Waals surface area contributed by atoms with Gasteiger partial charge in [0.2, 0.25) is 5.75 Å². The second-order valence-electron chi connectivity index (χ2n) is 5.47. The van der Waals surface area contributed by atoms with Gasteiger partial charge in [0.25, 0.3) is 0 Å². The van der Waals surface area contributed by atoms with Crippen molar-refractivity contribution in [3.63, 3.8) is 0 Å². The average molecular weight is 399 g/mol. The molecule has 0 spiro atoms. The average Bonchev–Trinajstić information content (AvgIpc) is 3.11. The topological polar surface area (TPSA) is 115 Å². The third-order valence-electron chi connectivity index (χ3n) is 4.03. The predicted molar refractivity (Wildman–Crippen MR) is 106 cm³/mol. The number of nitrogens with zero attached hydrogens (tertiary/aromatic N) is 2. The fourth-order valence-corrected chi connectivity index (χ4v) is 2.80. The molecular formula is C20H21N3O6. The molecule has 0 saturated carbocycles. The van der Waals surface area contributed by atoms with Gasteiger partial charge in [-0.2, -0.15) is 5.26 Å². The van der Waals surface area contributed by atoms with E-state index in [0.29, 0.717) is 39.6 Å². The molecule has 0 radical (unpaired) electrons. The number of carbonyl (C=O) groups excluding carboxylic acids is 1. The van der Waals surface area contributed by atoms with Gasteiger partial charge < -0.3 is 28.8 Å². The van der Waals surface area contributed by atoms with Gasteiger partial charge in [-0.05, 0) is 18.2 Å². The SMILES string of the molecule is CO/N=C/c1[nH]c(C#N)c(C=CC(=O)OC)c1-c1ccc(OC)c(OC)c1OC. The number of rotatable bonds is 8. The van der Waals surface area contributed by atoms with Crippen LogP contribution in [0.1, 0.15) is 17.0 Å². The number of aromatic nitrogens is 1. The molecule has 29 heavy (non-hydrogen) atoms. The molecule has 0 aliphatic carbocycles. The van der Waals surface area contributed by atoms with Crippen LogP contribution in [-0.4, -0.2) is 52.7 Å². The van der Waals surface area contributed by atoms with E-state index in [-0.39, 0.29) is 5.69 Å². The summed E-state index contributed by atoms with van der Waals surface area (Å²) in [5.41, 5.74) is 2.28. The summed E-state index contributed by atoms with van der Waals surface area (Å²) in [6.07, 6.45) is 4.12. The van der Waals surface area contributed by atoms with Crippen molar-refractivity contribution in [3.8, 4) is 34.4 Å². The number of nitriles is 1. The number of benzene rings is 1. The lowest BCUT2D eigenvalue weighted by Gasteiger charge is -2.16. The summed E-state index contributed by atoms with van der Waals surface area (Å²) in [5.74, 6) is 0.676. The minimum atomic E-state index is -0.563. The van der Waals surface area contributed by atoms with Gasteiger partial charge in [0, 0.05) is 22.8 Å². The molecule has 0 unspecified atom stereocenters. The predicted octanol–water partition coefficient (Wildman–Crippen LogP) is 2.75. The minimum absolute atomic E-state index is 0.217. The first-order valence-corrected chi connectivity index (χ1v) is 8.34. The summed E-state index contributed by atoms with van der Waals surface area (Å²) in [5, 5.41) is 13.4. The van der Waals surface area contributed by atoms with E-state index in [1.54, 1.807) is 12.1 Å². The van der Waals surface area contributed by atoms with E-state index in [4.69, 9.17) is 19.0 Å². The molecule has 0 atom stereocenters. The van der Waals surface area contributed by atoms with Crippen LogP contribution in [0, 0.1) is 11.3 Å². The van der Waals surface area contributed by atoms with E-state index in [0.717, 1.165) is 0 Å². The molecular weight excluding hydrogens is 378 g/mol. The quantitative estimate of drug-likeness (QED) is 0.314. The number of nitrogens with one attached hydrogen (secondary N) is 1. The maximum Gasteiger partial charge on any atom is 0.330 e. The van der Waals surface area contributed by atoms with Crippen LogP contribution in [0.25, 0.3) is 17.2 Å². The molecule has 1 heterocycles.